The quantitative estimate of drug-likeness (QED) is 0.769. The van der Waals surface area contributed by atoms with Crippen LogP contribution in [0.4, 0.5) is 0 Å². The molecule has 0 bridgehead atoms. The van der Waals surface area contributed by atoms with Crippen molar-refractivity contribution in [2.24, 2.45) is 7.05 Å². The predicted octanol–water partition coefficient (Wildman–Crippen LogP) is 2.03. The molecule has 0 amide bonds. The maximum Gasteiger partial charge on any atom is 0.125 e. The zero-order chi connectivity index (χ0) is 12.1. The smallest absolute Gasteiger partial charge is 0.125 e. The summed E-state index contributed by atoms with van der Waals surface area (Å²) in [7, 11) is 2.02. The van der Waals surface area contributed by atoms with E-state index in [1.54, 1.807) is 0 Å². The van der Waals surface area contributed by atoms with E-state index in [2.05, 4.69) is 21.8 Å². The van der Waals surface area contributed by atoms with Gasteiger partial charge in [-0.1, -0.05) is 12.8 Å². The second-order valence-corrected chi connectivity index (χ2v) is 4.85. The third-order valence-corrected chi connectivity index (χ3v) is 3.45. The second-order valence-electron chi connectivity index (χ2n) is 4.85. The highest BCUT2D eigenvalue weighted by Crippen LogP contribution is 2.20. The molecule has 96 valence electrons. The Bertz CT molecular complexity index is 331. The van der Waals surface area contributed by atoms with Gasteiger partial charge in [0.1, 0.15) is 5.82 Å². The minimum absolute atomic E-state index is 0.280. The average molecular weight is 237 g/mol. The standard InChI is InChI=1S/C13H23N3O/c1-11(13-15-7-9-16(13)2)14-8-10-17-12-5-3-4-6-12/h7,9,11-12,14H,3-6,8,10H2,1-2H3. The minimum atomic E-state index is 0.280. The van der Waals surface area contributed by atoms with Crippen molar-refractivity contribution in [2.45, 2.75) is 44.8 Å². The van der Waals surface area contributed by atoms with Crippen molar-refractivity contribution in [1.82, 2.24) is 14.9 Å². The molecule has 1 fully saturated rings. The number of nitrogens with zero attached hydrogens (tertiary/aromatic N) is 2. The van der Waals surface area contributed by atoms with Crippen LogP contribution in [0.1, 0.15) is 44.5 Å². The van der Waals surface area contributed by atoms with E-state index in [0.29, 0.717) is 6.10 Å². The molecule has 0 saturated heterocycles. The van der Waals surface area contributed by atoms with Crippen LogP contribution in [0.3, 0.4) is 0 Å². The maximum absolute atomic E-state index is 5.81. The largest absolute Gasteiger partial charge is 0.377 e. The van der Waals surface area contributed by atoms with Gasteiger partial charge in [0.15, 0.2) is 0 Å². The van der Waals surface area contributed by atoms with Crippen LogP contribution >= 0.6 is 0 Å². The van der Waals surface area contributed by atoms with Crippen molar-refractivity contribution in [3.8, 4) is 0 Å². The lowest BCUT2D eigenvalue weighted by molar-refractivity contribution is 0.0592. The van der Waals surface area contributed by atoms with E-state index in [4.69, 9.17) is 4.74 Å². The van der Waals surface area contributed by atoms with E-state index in [0.717, 1.165) is 19.0 Å². The molecule has 1 aromatic rings. The normalized spacial score (nSPS) is 18.7. The molecule has 1 aliphatic carbocycles. The van der Waals surface area contributed by atoms with E-state index in [1.807, 2.05) is 19.4 Å². The van der Waals surface area contributed by atoms with Gasteiger partial charge in [0.25, 0.3) is 0 Å². The summed E-state index contributed by atoms with van der Waals surface area (Å²) in [6.07, 6.45) is 9.48. The lowest BCUT2D eigenvalue weighted by Gasteiger charge is -2.15. The SMILES string of the molecule is CC(NCCOC1CCCC1)c1nccn1C. The van der Waals surface area contributed by atoms with Crippen LogP contribution in [0.15, 0.2) is 12.4 Å². The molecule has 1 aliphatic rings. The van der Waals surface area contributed by atoms with E-state index in [1.165, 1.54) is 25.7 Å². The predicted molar refractivity (Wildman–Crippen MR) is 67.8 cm³/mol. The summed E-state index contributed by atoms with van der Waals surface area (Å²) < 4.78 is 7.86. The molecular formula is C13H23N3O. The highest BCUT2D eigenvalue weighted by Gasteiger charge is 2.15. The van der Waals surface area contributed by atoms with Crippen molar-refractivity contribution >= 4 is 0 Å². The molecule has 0 aromatic carbocycles. The van der Waals surface area contributed by atoms with Crippen molar-refractivity contribution in [1.29, 1.82) is 0 Å². The fraction of sp³-hybridized carbons (Fsp3) is 0.769. The third-order valence-electron chi connectivity index (χ3n) is 3.45. The van der Waals surface area contributed by atoms with Crippen LogP contribution in [0.5, 0.6) is 0 Å². The molecule has 1 heterocycles. The number of hydrogen-bond acceptors (Lipinski definition) is 3. The Labute approximate surface area is 103 Å². The summed E-state index contributed by atoms with van der Waals surface area (Å²) in [6, 6.07) is 0.280. The third kappa shape index (κ3) is 3.54. The Morgan fingerprint density at radius 2 is 2.29 bits per heavy atom. The molecule has 0 aliphatic heterocycles. The first kappa shape index (κ1) is 12.6. The molecular weight excluding hydrogens is 214 g/mol. The molecule has 17 heavy (non-hydrogen) atoms. The van der Waals surface area contributed by atoms with Crippen LogP contribution < -0.4 is 5.32 Å². The Kier molecular flexibility index (Phi) is 4.57. The van der Waals surface area contributed by atoms with Gasteiger partial charge in [-0.05, 0) is 19.8 Å². The van der Waals surface area contributed by atoms with Crippen LogP contribution in [0.25, 0.3) is 0 Å². The van der Waals surface area contributed by atoms with Gasteiger partial charge in [0, 0.05) is 26.0 Å². The Morgan fingerprint density at radius 3 is 2.94 bits per heavy atom. The lowest BCUT2D eigenvalue weighted by atomic mass is 10.3. The van der Waals surface area contributed by atoms with Gasteiger partial charge >= 0.3 is 0 Å². The monoisotopic (exact) mass is 237 g/mol. The molecule has 1 aromatic heterocycles. The summed E-state index contributed by atoms with van der Waals surface area (Å²) in [5, 5.41) is 3.44. The number of hydrogen-bond donors (Lipinski definition) is 1. The van der Waals surface area contributed by atoms with Gasteiger partial charge in [-0.3, -0.25) is 0 Å². The Hall–Kier alpha value is -0.870. The number of rotatable bonds is 6. The van der Waals surface area contributed by atoms with E-state index < -0.39 is 0 Å². The van der Waals surface area contributed by atoms with Crippen LogP contribution in [0, 0.1) is 0 Å². The number of nitrogens with one attached hydrogen (secondary N) is 1. The molecule has 1 saturated carbocycles. The van der Waals surface area contributed by atoms with Crippen LogP contribution in [-0.2, 0) is 11.8 Å². The topological polar surface area (TPSA) is 39.1 Å². The summed E-state index contributed by atoms with van der Waals surface area (Å²) >= 11 is 0. The lowest BCUT2D eigenvalue weighted by Crippen LogP contribution is -2.26. The van der Waals surface area contributed by atoms with E-state index in [-0.39, 0.29) is 6.04 Å². The highest BCUT2D eigenvalue weighted by molar-refractivity contribution is 4.96. The highest BCUT2D eigenvalue weighted by atomic mass is 16.5. The average Bonchev–Trinajstić information content (AvgIpc) is 2.95. The van der Waals surface area contributed by atoms with Gasteiger partial charge in [-0.25, -0.2) is 4.98 Å². The Morgan fingerprint density at radius 1 is 1.53 bits per heavy atom. The summed E-state index contributed by atoms with van der Waals surface area (Å²) in [5.41, 5.74) is 0. The summed E-state index contributed by atoms with van der Waals surface area (Å²) in [6.45, 7) is 3.84. The fourth-order valence-corrected chi connectivity index (χ4v) is 2.44. The zero-order valence-corrected chi connectivity index (χ0v) is 10.9. The molecule has 1 atom stereocenters. The van der Waals surface area contributed by atoms with Crippen molar-refractivity contribution in [3.63, 3.8) is 0 Å². The molecule has 1 unspecified atom stereocenters. The van der Waals surface area contributed by atoms with Gasteiger partial charge in [0.05, 0.1) is 18.8 Å². The first-order valence-electron chi connectivity index (χ1n) is 6.59. The van der Waals surface area contributed by atoms with Crippen LogP contribution in [-0.4, -0.2) is 28.8 Å². The minimum Gasteiger partial charge on any atom is -0.377 e. The van der Waals surface area contributed by atoms with Crippen molar-refractivity contribution in [2.75, 3.05) is 13.2 Å². The van der Waals surface area contributed by atoms with Gasteiger partial charge in [0.2, 0.25) is 0 Å². The van der Waals surface area contributed by atoms with Crippen molar-refractivity contribution in [3.05, 3.63) is 18.2 Å². The van der Waals surface area contributed by atoms with E-state index in [9.17, 15) is 0 Å². The zero-order valence-electron chi connectivity index (χ0n) is 10.9. The first-order valence-corrected chi connectivity index (χ1v) is 6.59. The number of aryl methyl sites for hydroxylation is 1. The number of imidazole rings is 1. The fourth-order valence-electron chi connectivity index (χ4n) is 2.44. The maximum atomic E-state index is 5.81. The number of ether oxygens (including phenoxy) is 1. The molecule has 0 radical (unpaired) electrons. The first-order chi connectivity index (χ1) is 8.27. The Balaban J connectivity index is 1.63. The van der Waals surface area contributed by atoms with Crippen LogP contribution in [0.2, 0.25) is 0 Å². The summed E-state index contributed by atoms with van der Waals surface area (Å²) in [4.78, 5) is 4.33. The van der Waals surface area contributed by atoms with Gasteiger partial charge in [-0.2, -0.15) is 0 Å². The number of aromatic nitrogens is 2. The molecule has 1 N–H and O–H groups in total. The van der Waals surface area contributed by atoms with Crippen molar-refractivity contribution < 1.29 is 4.74 Å². The second kappa shape index (κ2) is 6.17. The molecule has 2 rings (SSSR count). The van der Waals surface area contributed by atoms with Gasteiger partial charge < -0.3 is 14.6 Å². The molecule has 4 heteroatoms. The van der Waals surface area contributed by atoms with E-state index >= 15 is 0 Å². The molecule has 4 nitrogen and oxygen atoms in total. The molecule has 0 spiro atoms. The van der Waals surface area contributed by atoms with Gasteiger partial charge in [-0.15, -0.1) is 0 Å². The summed E-state index contributed by atoms with van der Waals surface area (Å²) in [5.74, 6) is 1.07.